The van der Waals surface area contributed by atoms with Crippen LogP contribution < -0.4 is 0 Å². The fraction of sp³-hybridized carbons (Fsp3) is 0.538. The molecule has 2 heteroatoms. The molecule has 0 radical (unpaired) electrons. The van der Waals surface area contributed by atoms with Gasteiger partial charge in [0.1, 0.15) is 0 Å². The minimum absolute atomic E-state index is 0.619. The molecule has 1 aromatic rings. The van der Waals surface area contributed by atoms with E-state index in [4.69, 9.17) is 0 Å². The molecule has 0 spiro atoms. The van der Waals surface area contributed by atoms with Gasteiger partial charge in [-0.2, -0.15) is 0 Å². The van der Waals surface area contributed by atoms with Gasteiger partial charge >= 0.3 is 0 Å². The van der Waals surface area contributed by atoms with Crippen LogP contribution in [0.3, 0.4) is 0 Å². The smallest absolute Gasteiger partial charge is 0.0233 e. The first-order chi connectivity index (χ1) is 7.00. The van der Waals surface area contributed by atoms with E-state index in [-0.39, 0.29) is 0 Å². The quantitative estimate of drug-likeness (QED) is 0.801. The lowest BCUT2D eigenvalue weighted by Crippen LogP contribution is -2.32. The van der Waals surface area contributed by atoms with Crippen molar-refractivity contribution >= 4 is 15.9 Å². The fourth-order valence-corrected chi connectivity index (χ4v) is 1.80. The standard InChI is InChI=1S/C13H20BrN/c1-10(2)11(3)15(4)9-12-5-7-13(14)8-6-12/h5-8,10-11H,9H2,1-4H3. The van der Waals surface area contributed by atoms with Gasteiger partial charge in [-0.1, -0.05) is 41.9 Å². The Morgan fingerprint density at radius 2 is 1.67 bits per heavy atom. The van der Waals surface area contributed by atoms with Crippen molar-refractivity contribution in [3.8, 4) is 0 Å². The largest absolute Gasteiger partial charge is 0.299 e. The lowest BCUT2D eigenvalue weighted by molar-refractivity contribution is 0.200. The van der Waals surface area contributed by atoms with Gasteiger partial charge in [0, 0.05) is 17.1 Å². The maximum Gasteiger partial charge on any atom is 0.0233 e. The van der Waals surface area contributed by atoms with Gasteiger partial charge in [0.25, 0.3) is 0 Å². The first kappa shape index (κ1) is 12.7. The van der Waals surface area contributed by atoms with E-state index >= 15 is 0 Å². The minimum atomic E-state index is 0.619. The molecule has 0 aliphatic rings. The van der Waals surface area contributed by atoms with E-state index in [9.17, 15) is 0 Å². The Kier molecular flexibility index (Phi) is 4.81. The highest BCUT2D eigenvalue weighted by molar-refractivity contribution is 9.10. The van der Waals surface area contributed by atoms with Crippen molar-refractivity contribution in [1.29, 1.82) is 0 Å². The van der Waals surface area contributed by atoms with Crippen LogP contribution in [0.15, 0.2) is 28.7 Å². The maximum absolute atomic E-state index is 3.45. The molecular formula is C13H20BrN. The number of hydrogen-bond acceptors (Lipinski definition) is 1. The van der Waals surface area contributed by atoms with E-state index in [1.54, 1.807) is 0 Å². The van der Waals surface area contributed by atoms with E-state index in [1.165, 1.54) is 5.56 Å². The Labute approximate surface area is 102 Å². The molecule has 0 fully saturated rings. The molecule has 0 amide bonds. The van der Waals surface area contributed by atoms with Crippen LogP contribution in [-0.4, -0.2) is 18.0 Å². The van der Waals surface area contributed by atoms with Crippen molar-refractivity contribution in [1.82, 2.24) is 4.90 Å². The van der Waals surface area contributed by atoms with Crippen molar-refractivity contribution in [3.63, 3.8) is 0 Å². The van der Waals surface area contributed by atoms with Crippen LogP contribution >= 0.6 is 15.9 Å². The summed E-state index contributed by atoms with van der Waals surface area (Å²) < 4.78 is 1.14. The Morgan fingerprint density at radius 1 is 1.13 bits per heavy atom. The third-order valence-corrected chi connectivity index (χ3v) is 3.53. The molecule has 0 bridgehead atoms. The van der Waals surface area contributed by atoms with Crippen LogP contribution in [0.4, 0.5) is 0 Å². The summed E-state index contributed by atoms with van der Waals surface area (Å²) >= 11 is 3.45. The molecule has 0 N–H and O–H groups in total. The fourth-order valence-electron chi connectivity index (χ4n) is 1.53. The Hall–Kier alpha value is -0.340. The Bertz CT molecular complexity index is 292. The molecule has 1 atom stereocenters. The number of rotatable bonds is 4. The molecule has 15 heavy (non-hydrogen) atoms. The van der Waals surface area contributed by atoms with Crippen molar-refractivity contribution in [2.75, 3.05) is 7.05 Å². The molecule has 84 valence electrons. The number of hydrogen-bond donors (Lipinski definition) is 0. The first-order valence-corrected chi connectivity index (χ1v) is 6.24. The van der Waals surface area contributed by atoms with Crippen molar-refractivity contribution in [2.24, 2.45) is 5.92 Å². The van der Waals surface area contributed by atoms with E-state index < -0.39 is 0 Å². The second-order valence-corrected chi connectivity index (χ2v) is 5.44. The van der Waals surface area contributed by atoms with Crippen LogP contribution in [0.1, 0.15) is 26.3 Å². The van der Waals surface area contributed by atoms with Gasteiger partial charge in [0.05, 0.1) is 0 Å². The van der Waals surface area contributed by atoms with Crippen molar-refractivity contribution in [2.45, 2.75) is 33.4 Å². The highest BCUT2D eigenvalue weighted by Crippen LogP contribution is 2.15. The second-order valence-electron chi connectivity index (χ2n) is 4.53. The molecular weight excluding hydrogens is 250 g/mol. The third-order valence-electron chi connectivity index (χ3n) is 3.01. The molecule has 0 aromatic heterocycles. The van der Waals surface area contributed by atoms with E-state index in [2.05, 4.69) is 72.9 Å². The van der Waals surface area contributed by atoms with Crippen LogP contribution in [0.5, 0.6) is 0 Å². The normalized spacial score (nSPS) is 13.5. The third kappa shape index (κ3) is 3.96. The zero-order chi connectivity index (χ0) is 11.4. The zero-order valence-corrected chi connectivity index (χ0v) is 11.6. The first-order valence-electron chi connectivity index (χ1n) is 5.45. The van der Waals surface area contributed by atoms with Gasteiger partial charge < -0.3 is 0 Å². The van der Waals surface area contributed by atoms with Crippen LogP contribution in [0.2, 0.25) is 0 Å². The Balaban J connectivity index is 2.58. The highest BCUT2D eigenvalue weighted by Gasteiger charge is 2.12. The van der Waals surface area contributed by atoms with Gasteiger partial charge in [-0.25, -0.2) is 0 Å². The summed E-state index contributed by atoms with van der Waals surface area (Å²) in [6, 6.07) is 9.17. The van der Waals surface area contributed by atoms with Crippen LogP contribution in [-0.2, 0) is 6.54 Å². The van der Waals surface area contributed by atoms with Crippen molar-refractivity contribution in [3.05, 3.63) is 34.3 Å². The van der Waals surface area contributed by atoms with Crippen molar-refractivity contribution < 1.29 is 0 Å². The minimum Gasteiger partial charge on any atom is -0.299 e. The summed E-state index contributed by atoms with van der Waals surface area (Å²) in [5.74, 6) is 0.699. The van der Waals surface area contributed by atoms with Gasteiger partial charge in [0.2, 0.25) is 0 Å². The van der Waals surface area contributed by atoms with Crippen LogP contribution in [0, 0.1) is 5.92 Å². The van der Waals surface area contributed by atoms with E-state index in [0.29, 0.717) is 12.0 Å². The molecule has 0 saturated heterocycles. The molecule has 0 heterocycles. The summed E-state index contributed by atoms with van der Waals surface area (Å²) in [6.45, 7) is 7.83. The number of halogens is 1. The second kappa shape index (κ2) is 5.66. The van der Waals surface area contributed by atoms with E-state index in [1.807, 2.05) is 0 Å². The molecule has 1 aromatic carbocycles. The number of benzene rings is 1. The topological polar surface area (TPSA) is 3.24 Å². The van der Waals surface area contributed by atoms with Gasteiger partial charge in [0.15, 0.2) is 0 Å². The molecule has 1 nitrogen and oxygen atoms in total. The summed E-state index contributed by atoms with van der Waals surface area (Å²) in [7, 11) is 2.19. The molecule has 1 rings (SSSR count). The predicted octanol–water partition coefficient (Wildman–Crippen LogP) is 3.93. The molecule has 0 aliphatic heterocycles. The highest BCUT2D eigenvalue weighted by atomic mass is 79.9. The number of nitrogens with zero attached hydrogens (tertiary/aromatic N) is 1. The summed E-state index contributed by atoms with van der Waals surface area (Å²) in [4.78, 5) is 2.40. The monoisotopic (exact) mass is 269 g/mol. The van der Waals surface area contributed by atoms with E-state index in [0.717, 1.165) is 11.0 Å². The van der Waals surface area contributed by atoms with Gasteiger partial charge in [-0.05, 0) is 37.6 Å². The SMILES string of the molecule is CC(C)C(C)N(C)Cc1ccc(Br)cc1. The summed E-state index contributed by atoms with van der Waals surface area (Å²) in [5, 5.41) is 0. The summed E-state index contributed by atoms with van der Waals surface area (Å²) in [6.07, 6.45) is 0. The Morgan fingerprint density at radius 3 is 2.13 bits per heavy atom. The van der Waals surface area contributed by atoms with Gasteiger partial charge in [-0.3, -0.25) is 4.90 Å². The van der Waals surface area contributed by atoms with Crippen LogP contribution in [0.25, 0.3) is 0 Å². The van der Waals surface area contributed by atoms with Gasteiger partial charge in [-0.15, -0.1) is 0 Å². The molecule has 0 aliphatic carbocycles. The maximum atomic E-state index is 3.45. The average molecular weight is 270 g/mol. The molecule has 0 saturated carbocycles. The zero-order valence-electron chi connectivity index (χ0n) is 10.00. The predicted molar refractivity (Wildman–Crippen MR) is 69.9 cm³/mol. The average Bonchev–Trinajstić information content (AvgIpc) is 2.20. The summed E-state index contributed by atoms with van der Waals surface area (Å²) in [5.41, 5.74) is 1.37. The molecule has 1 unspecified atom stereocenters. The lowest BCUT2D eigenvalue weighted by Gasteiger charge is -2.27. The lowest BCUT2D eigenvalue weighted by atomic mass is 10.0.